The molecule has 0 aliphatic rings. The molecule has 0 radical (unpaired) electrons. The van der Waals surface area contributed by atoms with Crippen molar-refractivity contribution in [2.24, 2.45) is 11.8 Å². The maximum absolute atomic E-state index is 12.2. The number of rotatable bonds is 9. The number of nitrogens with one attached hydrogen (secondary N) is 1. The van der Waals surface area contributed by atoms with Gasteiger partial charge in [-0.2, -0.15) is 4.83 Å². The van der Waals surface area contributed by atoms with Crippen molar-refractivity contribution in [3.63, 3.8) is 0 Å². The van der Waals surface area contributed by atoms with Crippen LogP contribution in [0.25, 0.3) is 0 Å². The quantitative estimate of drug-likeness (QED) is 0.355. The van der Waals surface area contributed by atoms with Gasteiger partial charge in [0.1, 0.15) is 0 Å². The average Bonchev–Trinajstić information content (AvgIpc) is 2.42. The van der Waals surface area contributed by atoms with Crippen molar-refractivity contribution < 1.29 is 27.5 Å². The summed E-state index contributed by atoms with van der Waals surface area (Å²) in [7, 11) is -4.25. The van der Waals surface area contributed by atoms with Crippen LogP contribution < -0.4 is 10.7 Å². The minimum atomic E-state index is -4.25. The molecule has 0 bridgehead atoms. The normalized spacial score (nSPS) is 16.0. The third-order valence-corrected chi connectivity index (χ3v) is 4.60. The molecule has 8 nitrogen and oxygen atoms in total. The highest BCUT2D eigenvalue weighted by Crippen LogP contribution is 2.21. The minimum Gasteiger partial charge on any atom is -0.462 e. The van der Waals surface area contributed by atoms with E-state index in [0.717, 1.165) is 0 Å². The van der Waals surface area contributed by atoms with Gasteiger partial charge in [0, 0.05) is 0 Å². The van der Waals surface area contributed by atoms with E-state index in [-0.39, 0.29) is 12.5 Å². The van der Waals surface area contributed by atoms with Crippen molar-refractivity contribution >= 4 is 22.0 Å². The Balaban J connectivity index is 5.53. The maximum atomic E-state index is 12.2. The Morgan fingerprint density at radius 2 is 1.59 bits per heavy atom. The molecule has 0 saturated carbocycles. The summed E-state index contributed by atoms with van der Waals surface area (Å²) >= 11 is 0. The first-order valence-corrected chi connectivity index (χ1v) is 8.77. The number of carbonyl (C=O) groups is 2. The molecule has 3 atom stereocenters. The molecule has 9 heteroatoms. The Labute approximate surface area is 131 Å². The lowest BCUT2D eigenvalue weighted by molar-refractivity contribution is -0.159. The highest BCUT2D eigenvalue weighted by Gasteiger charge is 2.44. The number of carbonyl (C=O) groups excluding carboxylic acids is 2. The summed E-state index contributed by atoms with van der Waals surface area (Å²) in [4.78, 5) is 25.9. The van der Waals surface area contributed by atoms with Crippen LogP contribution in [0.4, 0.5) is 0 Å². The van der Waals surface area contributed by atoms with Crippen LogP contribution in [-0.2, 0) is 29.1 Å². The van der Waals surface area contributed by atoms with Crippen LogP contribution in [-0.4, -0.2) is 37.8 Å². The van der Waals surface area contributed by atoms with Crippen LogP contribution in [0.3, 0.4) is 0 Å². The molecule has 3 N–H and O–H groups in total. The van der Waals surface area contributed by atoms with E-state index >= 15 is 0 Å². The second-order valence-corrected chi connectivity index (χ2v) is 7.07. The molecule has 0 aromatic rings. The van der Waals surface area contributed by atoms with Gasteiger partial charge in [0.05, 0.1) is 18.1 Å². The molecule has 22 heavy (non-hydrogen) atoms. The first kappa shape index (κ1) is 20.8. The fourth-order valence-electron chi connectivity index (χ4n) is 1.75. The first-order valence-electron chi connectivity index (χ1n) is 7.22. The van der Waals surface area contributed by atoms with Crippen LogP contribution in [0.5, 0.6) is 0 Å². The second-order valence-electron chi connectivity index (χ2n) is 5.24. The summed E-state index contributed by atoms with van der Waals surface area (Å²) in [5.74, 6) is 2.02. The molecule has 0 amide bonds. The fourth-order valence-corrected chi connectivity index (χ4v) is 2.94. The van der Waals surface area contributed by atoms with E-state index in [1.807, 2.05) is 6.92 Å². The number of hydrogen-bond donors (Lipinski definition) is 2. The monoisotopic (exact) mass is 338 g/mol. The zero-order valence-electron chi connectivity index (χ0n) is 13.7. The van der Waals surface area contributed by atoms with E-state index in [4.69, 9.17) is 15.3 Å². The predicted octanol–water partition coefficient (Wildman–Crippen LogP) is 0.468. The number of esters is 2. The molecule has 0 rings (SSSR count). The topological polar surface area (TPSA) is 125 Å². The maximum Gasteiger partial charge on any atom is 0.326 e. The van der Waals surface area contributed by atoms with Crippen molar-refractivity contribution in [3.8, 4) is 0 Å². The predicted molar refractivity (Wildman–Crippen MR) is 80.9 cm³/mol. The van der Waals surface area contributed by atoms with Gasteiger partial charge in [-0.15, -0.1) is 0 Å². The first-order chi connectivity index (χ1) is 10.1. The Morgan fingerprint density at radius 1 is 1.05 bits per heavy atom. The number of hydrogen-bond acceptors (Lipinski definition) is 7. The van der Waals surface area contributed by atoms with Gasteiger partial charge in [0.25, 0.3) is 0 Å². The summed E-state index contributed by atoms with van der Waals surface area (Å²) in [6, 6.07) is 0. The Hall–Kier alpha value is -1.19. The molecule has 0 heterocycles. The zero-order valence-corrected chi connectivity index (χ0v) is 14.5. The number of ether oxygens (including phenoxy) is 2. The van der Waals surface area contributed by atoms with E-state index in [1.54, 1.807) is 32.5 Å². The standard InChI is InChI=1S/C13H26N2O6S/c1-6-9(5)21-12(16)10(7-2)11(22(18,19)15-14)13(17)20-8(3)4/h8-11,15H,6-7,14H2,1-5H3. The third kappa shape index (κ3) is 5.90. The zero-order chi connectivity index (χ0) is 17.5. The lowest BCUT2D eigenvalue weighted by Gasteiger charge is -2.24. The molecule has 0 fully saturated rings. The molecule has 0 aliphatic heterocycles. The average molecular weight is 338 g/mol. The van der Waals surface area contributed by atoms with Gasteiger partial charge in [-0.25, -0.2) is 8.42 Å². The van der Waals surface area contributed by atoms with Crippen LogP contribution in [0.15, 0.2) is 0 Å². The van der Waals surface area contributed by atoms with E-state index < -0.39 is 39.2 Å². The number of nitrogens with two attached hydrogens (primary N) is 1. The third-order valence-electron chi connectivity index (χ3n) is 3.08. The molecular formula is C13H26N2O6S. The highest BCUT2D eigenvalue weighted by molar-refractivity contribution is 7.90. The number of hydrazine groups is 1. The van der Waals surface area contributed by atoms with Gasteiger partial charge in [-0.1, -0.05) is 13.8 Å². The Bertz CT molecular complexity index is 477. The van der Waals surface area contributed by atoms with E-state index in [1.165, 1.54) is 0 Å². The van der Waals surface area contributed by atoms with Crippen molar-refractivity contribution in [1.82, 2.24) is 4.83 Å². The van der Waals surface area contributed by atoms with E-state index in [2.05, 4.69) is 0 Å². The lowest BCUT2D eigenvalue weighted by Crippen LogP contribution is -2.50. The molecule has 0 spiro atoms. The Kier molecular flexibility index (Phi) is 8.57. The molecule has 3 unspecified atom stereocenters. The highest BCUT2D eigenvalue weighted by atomic mass is 32.2. The van der Waals surface area contributed by atoms with E-state index in [0.29, 0.717) is 6.42 Å². The molecular weight excluding hydrogens is 312 g/mol. The Morgan fingerprint density at radius 3 is 1.95 bits per heavy atom. The SMILES string of the molecule is CCC(C)OC(=O)C(CC)C(C(=O)OC(C)C)S(=O)(=O)NN. The summed E-state index contributed by atoms with van der Waals surface area (Å²) in [6.45, 7) is 8.25. The van der Waals surface area contributed by atoms with Crippen molar-refractivity contribution in [2.45, 2.75) is 64.9 Å². The smallest absolute Gasteiger partial charge is 0.326 e. The molecule has 0 aromatic heterocycles. The largest absolute Gasteiger partial charge is 0.462 e. The van der Waals surface area contributed by atoms with Gasteiger partial charge in [0.2, 0.25) is 10.0 Å². The van der Waals surface area contributed by atoms with Gasteiger partial charge in [-0.05, 0) is 33.6 Å². The summed E-state index contributed by atoms with van der Waals surface area (Å²) in [5.41, 5.74) is 0. The fraction of sp³-hybridized carbons (Fsp3) is 0.846. The van der Waals surface area contributed by atoms with Crippen LogP contribution in [0, 0.1) is 5.92 Å². The molecule has 0 aromatic carbocycles. The van der Waals surface area contributed by atoms with Crippen LogP contribution in [0.2, 0.25) is 0 Å². The summed E-state index contributed by atoms with van der Waals surface area (Å²) in [5, 5.41) is -1.75. The number of sulfonamides is 1. The molecule has 130 valence electrons. The van der Waals surface area contributed by atoms with Crippen LogP contribution in [0.1, 0.15) is 47.5 Å². The van der Waals surface area contributed by atoms with Gasteiger partial charge < -0.3 is 9.47 Å². The molecule has 0 saturated heterocycles. The van der Waals surface area contributed by atoms with Crippen LogP contribution >= 0.6 is 0 Å². The van der Waals surface area contributed by atoms with Gasteiger partial charge >= 0.3 is 11.9 Å². The summed E-state index contributed by atoms with van der Waals surface area (Å²) in [6.07, 6.45) is -0.234. The van der Waals surface area contributed by atoms with Crippen molar-refractivity contribution in [2.75, 3.05) is 0 Å². The van der Waals surface area contributed by atoms with E-state index in [9.17, 15) is 18.0 Å². The molecule has 0 aliphatic carbocycles. The van der Waals surface area contributed by atoms with Crippen molar-refractivity contribution in [1.29, 1.82) is 0 Å². The minimum absolute atomic E-state index is 0.0913. The lowest BCUT2D eigenvalue weighted by atomic mass is 10.0. The summed E-state index contributed by atoms with van der Waals surface area (Å²) < 4.78 is 34.2. The second kappa shape index (κ2) is 9.06. The van der Waals surface area contributed by atoms with Gasteiger partial charge in [-0.3, -0.25) is 15.4 Å². The van der Waals surface area contributed by atoms with Crippen molar-refractivity contribution in [3.05, 3.63) is 0 Å². The van der Waals surface area contributed by atoms with Gasteiger partial charge in [0.15, 0.2) is 5.25 Å².